The second-order valence-corrected chi connectivity index (χ2v) is 8.24. The number of likely N-dealkylation sites (tertiary alicyclic amines) is 2. The Labute approximate surface area is 147 Å². The summed E-state index contributed by atoms with van der Waals surface area (Å²) in [4.78, 5) is 19.5. The summed E-state index contributed by atoms with van der Waals surface area (Å²) >= 11 is 0. The van der Waals surface area contributed by atoms with E-state index in [2.05, 4.69) is 28.7 Å². The van der Waals surface area contributed by atoms with Gasteiger partial charge in [0.1, 0.15) is 0 Å². The van der Waals surface area contributed by atoms with Crippen LogP contribution >= 0.6 is 0 Å². The molecule has 0 aliphatic carbocycles. The number of amides is 1. The summed E-state index contributed by atoms with van der Waals surface area (Å²) in [6.45, 7) is 10.2. The molecule has 24 heavy (non-hydrogen) atoms. The fourth-order valence-electron chi connectivity index (χ4n) is 4.34. The van der Waals surface area contributed by atoms with Gasteiger partial charge in [0, 0.05) is 32.3 Å². The predicted octanol–water partition coefficient (Wildman–Crippen LogP) is 1.68. The molecule has 3 aliphatic rings. The van der Waals surface area contributed by atoms with Crippen molar-refractivity contribution in [2.24, 2.45) is 11.8 Å². The molecule has 0 spiro atoms. The van der Waals surface area contributed by atoms with E-state index in [1.54, 1.807) is 0 Å². The minimum Gasteiger partial charge on any atom is -0.381 e. The molecule has 3 heterocycles. The average molecular weight is 338 g/mol. The van der Waals surface area contributed by atoms with Crippen LogP contribution in [-0.2, 0) is 9.53 Å². The van der Waals surface area contributed by atoms with Crippen LogP contribution < -0.4 is 0 Å². The van der Waals surface area contributed by atoms with E-state index in [9.17, 15) is 4.79 Å². The third-order valence-corrected chi connectivity index (χ3v) is 6.24. The van der Waals surface area contributed by atoms with Crippen LogP contribution in [0.4, 0.5) is 0 Å². The van der Waals surface area contributed by atoms with Crippen molar-refractivity contribution in [3.8, 4) is 0 Å². The molecular weight excluding hydrogens is 302 g/mol. The van der Waals surface area contributed by atoms with Crippen LogP contribution in [0, 0.1) is 11.8 Å². The molecule has 3 aliphatic heterocycles. The number of piperidine rings is 2. The Kier molecular flexibility index (Phi) is 6.53. The van der Waals surface area contributed by atoms with Gasteiger partial charge in [0.25, 0.3) is 0 Å². The average Bonchev–Trinajstić information content (AvgIpc) is 3.09. The van der Waals surface area contributed by atoms with E-state index in [4.69, 9.17) is 4.74 Å². The number of nitrogens with zero attached hydrogens (tertiary/aromatic N) is 3. The normalized spacial score (nSPS) is 28.0. The van der Waals surface area contributed by atoms with Crippen molar-refractivity contribution in [3.63, 3.8) is 0 Å². The van der Waals surface area contributed by atoms with Crippen LogP contribution in [0.25, 0.3) is 0 Å². The van der Waals surface area contributed by atoms with Gasteiger partial charge in [-0.1, -0.05) is 6.92 Å². The Hall–Kier alpha value is -0.650. The van der Waals surface area contributed by atoms with E-state index >= 15 is 0 Å². The number of hydrogen-bond acceptors (Lipinski definition) is 4. The SMILES string of the molecule is CC1CCN(C(=O)CN(C)C2CCN(C[C@@H]3CCOC3)CC2)CC1. The molecule has 0 radical (unpaired) electrons. The number of hydrogen-bond donors (Lipinski definition) is 0. The Morgan fingerprint density at radius 3 is 2.42 bits per heavy atom. The minimum absolute atomic E-state index is 0.329. The molecule has 5 nitrogen and oxygen atoms in total. The van der Waals surface area contributed by atoms with Crippen LogP contribution in [0.15, 0.2) is 0 Å². The molecule has 3 fully saturated rings. The molecule has 0 aromatic rings. The van der Waals surface area contributed by atoms with E-state index in [1.165, 1.54) is 51.7 Å². The van der Waals surface area contributed by atoms with Gasteiger partial charge in [0.2, 0.25) is 5.91 Å². The first-order valence-corrected chi connectivity index (χ1v) is 9.90. The molecule has 5 heteroatoms. The summed E-state index contributed by atoms with van der Waals surface area (Å²) in [6.07, 6.45) is 5.93. The lowest BCUT2D eigenvalue weighted by Gasteiger charge is -2.38. The van der Waals surface area contributed by atoms with E-state index in [0.29, 0.717) is 18.5 Å². The molecular formula is C19H35N3O2. The zero-order chi connectivity index (χ0) is 16.9. The van der Waals surface area contributed by atoms with Gasteiger partial charge in [0.15, 0.2) is 0 Å². The van der Waals surface area contributed by atoms with Crippen molar-refractivity contribution in [1.82, 2.24) is 14.7 Å². The third-order valence-electron chi connectivity index (χ3n) is 6.24. The molecule has 138 valence electrons. The van der Waals surface area contributed by atoms with Crippen LogP contribution in [0.1, 0.15) is 39.0 Å². The summed E-state index contributed by atoms with van der Waals surface area (Å²) < 4.78 is 5.49. The Morgan fingerprint density at radius 1 is 1.08 bits per heavy atom. The van der Waals surface area contributed by atoms with E-state index < -0.39 is 0 Å². The molecule has 0 bridgehead atoms. The quantitative estimate of drug-likeness (QED) is 0.765. The van der Waals surface area contributed by atoms with Gasteiger partial charge in [-0.05, 0) is 64.1 Å². The molecule has 0 saturated carbocycles. The van der Waals surface area contributed by atoms with Gasteiger partial charge in [-0.25, -0.2) is 0 Å². The summed E-state index contributed by atoms with van der Waals surface area (Å²) in [6, 6.07) is 0.564. The number of carbonyl (C=O) groups is 1. The number of likely N-dealkylation sites (N-methyl/N-ethyl adjacent to an activating group) is 1. The van der Waals surface area contributed by atoms with E-state index in [-0.39, 0.29) is 0 Å². The van der Waals surface area contributed by atoms with Gasteiger partial charge >= 0.3 is 0 Å². The number of rotatable bonds is 5. The van der Waals surface area contributed by atoms with Gasteiger partial charge in [-0.3, -0.25) is 9.69 Å². The zero-order valence-corrected chi connectivity index (χ0v) is 15.6. The molecule has 0 aromatic carbocycles. The molecule has 3 saturated heterocycles. The van der Waals surface area contributed by atoms with E-state index in [1.807, 2.05) is 0 Å². The topological polar surface area (TPSA) is 36.0 Å². The number of carbonyl (C=O) groups excluding carboxylic acids is 1. The van der Waals surface area contributed by atoms with Crippen molar-refractivity contribution in [1.29, 1.82) is 0 Å². The fraction of sp³-hybridized carbons (Fsp3) is 0.947. The lowest BCUT2D eigenvalue weighted by Crippen LogP contribution is -2.49. The van der Waals surface area contributed by atoms with Crippen LogP contribution in [0.3, 0.4) is 0 Å². The molecule has 0 aromatic heterocycles. The maximum Gasteiger partial charge on any atom is 0.236 e. The highest BCUT2D eigenvalue weighted by Crippen LogP contribution is 2.20. The fourth-order valence-corrected chi connectivity index (χ4v) is 4.34. The first-order valence-electron chi connectivity index (χ1n) is 9.90. The van der Waals surface area contributed by atoms with Crippen molar-refractivity contribution in [3.05, 3.63) is 0 Å². The molecule has 1 amide bonds. The first kappa shape index (κ1) is 18.2. The summed E-state index contributed by atoms with van der Waals surface area (Å²) in [5.74, 6) is 1.85. The molecule has 3 rings (SSSR count). The second-order valence-electron chi connectivity index (χ2n) is 8.24. The second kappa shape index (κ2) is 8.63. The van der Waals surface area contributed by atoms with Gasteiger partial charge in [-0.2, -0.15) is 0 Å². The monoisotopic (exact) mass is 337 g/mol. The van der Waals surface area contributed by atoms with Crippen molar-refractivity contribution in [2.45, 2.75) is 45.1 Å². The Balaban J connectivity index is 1.36. The highest BCUT2D eigenvalue weighted by molar-refractivity contribution is 5.78. The largest absolute Gasteiger partial charge is 0.381 e. The van der Waals surface area contributed by atoms with Crippen LogP contribution in [0.2, 0.25) is 0 Å². The smallest absolute Gasteiger partial charge is 0.236 e. The molecule has 0 unspecified atom stereocenters. The highest BCUT2D eigenvalue weighted by atomic mass is 16.5. The summed E-state index contributed by atoms with van der Waals surface area (Å²) in [7, 11) is 2.13. The lowest BCUT2D eigenvalue weighted by atomic mass is 9.99. The third kappa shape index (κ3) is 4.93. The van der Waals surface area contributed by atoms with Crippen molar-refractivity contribution >= 4 is 5.91 Å². The Bertz CT molecular complexity index is 395. The standard InChI is InChI=1S/C19H35N3O2/c1-16-3-10-22(11-4-16)19(23)14-20(2)18-5-8-21(9-6-18)13-17-7-12-24-15-17/h16-18H,3-15H2,1-2H3/t17-/m0/s1. The highest BCUT2D eigenvalue weighted by Gasteiger charge is 2.28. The Morgan fingerprint density at radius 2 is 1.79 bits per heavy atom. The molecule has 0 N–H and O–H groups in total. The van der Waals surface area contributed by atoms with E-state index in [0.717, 1.165) is 38.1 Å². The molecule has 1 atom stereocenters. The predicted molar refractivity (Wildman–Crippen MR) is 96.0 cm³/mol. The number of ether oxygens (including phenoxy) is 1. The minimum atomic E-state index is 0.329. The van der Waals surface area contributed by atoms with Gasteiger partial charge in [-0.15, -0.1) is 0 Å². The van der Waals surface area contributed by atoms with Crippen molar-refractivity contribution < 1.29 is 9.53 Å². The van der Waals surface area contributed by atoms with Crippen LogP contribution in [0.5, 0.6) is 0 Å². The van der Waals surface area contributed by atoms with Gasteiger partial charge in [0.05, 0.1) is 13.2 Å². The zero-order valence-electron chi connectivity index (χ0n) is 15.6. The van der Waals surface area contributed by atoms with Crippen LogP contribution in [-0.4, -0.2) is 86.2 Å². The maximum atomic E-state index is 12.5. The maximum absolute atomic E-state index is 12.5. The van der Waals surface area contributed by atoms with Gasteiger partial charge < -0.3 is 14.5 Å². The lowest BCUT2D eigenvalue weighted by molar-refractivity contribution is -0.134. The first-order chi connectivity index (χ1) is 11.6. The summed E-state index contributed by atoms with van der Waals surface area (Å²) in [5.41, 5.74) is 0. The van der Waals surface area contributed by atoms with Crippen molar-refractivity contribution in [2.75, 3.05) is 59.5 Å². The summed E-state index contributed by atoms with van der Waals surface area (Å²) in [5, 5.41) is 0.